The van der Waals surface area contributed by atoms with Gasteiger partial charge in [-0.1, -0.05) is 17.3 Å². The molecule has 2 nitrogen and oxygen atoms in total. The van der Waals surface area contributed by atoms with E-state index in [-0.39, 0.29) is 0 Å². The molecule has 0 N–H and O–H groups in total. The van der Waals surface area contributed by atoms with Crippen molar-refractivity contribution < 1.29 is 4.84 Å². The summed E-state index contributed by atoms with van der Waals surface area (Å²) in [5.41, 5.74) is 1.25. The maximum absolute atomic E-state index is 5.59. The summed E-state index contributed by atoms with van der Waals surface area (Å²) in [7, 11) is 0. The molecular weight excluding hydrogens is 174 g/mol. The van der Waals surface area contributed by atoms with E-state index < -0.39 is 0 Å². The van der Waals surface area contributed by atoms with Gasteiger partial charge in [0.15, 0.2) is 0 Å². The Morgan fingerprint density at radius 1 is 1.36 bits per heavy atom. The first-order valence-electron chi connectivity index (χ1n) is 5.73. The molecule has 0 aromatic rings. The van der Waals surface area contributed by atoms with Gasteiger partial charge in [0.05, 0.1) is 5.71 Å². The molecule has 0 spiro atoms. The van der Waals surface area contributed by atoms with Crippen molar-refractivity contribution in [3.63, 3.8) is 0 Å². The van der Waals surface area contributed by atoms with Gasteiger partial charge >= 0.3 is 0 Å². The molecule has 2 bridgehead atoms. The molecule has 2 saturated carbocycles. The zero-order valence-electron chi connectivity index (χ0n) is 8.39. The molecule has 0 unspecified atom stereocenters. The summed E-state index contributed by atoms with van der Waals surface area (Å²) in [6.07, 6.45) is 7.96. The summed E-state index contributed by atoms with van der Waals surface area (Å²) in [6, 6.07) is 0. The van der Waals surface area contributed by atoms with Gasteiger partial charge in [-0.3, -0.25) is 0 Å². The topological polar surface area (TPSA) is 21.6 Å². The SMILES string of the molecule is CC1=NO[C@@H]2[C@@H]3C[C@@H]([C@@H]4C=CC[C@@H]43)[C@H]12. The standard InChI is InChI=1S/C12H15NO/c1-6-11-9-5-10(12(11)14-13-6)8-4-2-3-7(8)9/h2-3,7-12H,4-5H2,1H3/t7-,8+,9+,10-,11+,12-/m1/s1. The van der Waals surface area contributed by atoms with E-state index in [4.69, 9.17) is 4.84 Å². The molecule has 4 rings (SSSR count). The predicted molar refractivity (Wildman–Crippen MR) is 53.8 cm³/mol. The molecule has 3 aliphatic carbocycles. The number of fused-ring (bicyclic) bond motifs is 8. The highest BCUT2D eigenvalue weighted by molar-refractivity contribution is 5.86. The summed E-state index contributed by atoms with van der Waals surface area (Å²) in [6.45, 7) is 2.14. The first kappa shape index (κ1) is 7.49. The maximum Gasteiger partial charge on any atom is 0.139 e. The molecule has 0 aromatic heterocycles. The van der Waals surface area contributed by atoms with E-state index in [1.54, 1.807) is 0 Å². The van der Waals surface area contributed by atoms with E-state index in [2.05, 4.69) is 24.2 Å². The van der Waals surface area contributed by atoms with Gasteiger partial charge in [0, 0.05) is 11.8 Å². The van der Waals surface area contributed by atoms with Gasteiger partial charge < -0.3 is 4.84 Å². The summed E-state index contributed by atoms with van der Waals surface area (Å²) >= 11 is 0. The summed E-state index contributed by atoms with van der Waals surface area (Å²) < 4.78 is 0. The van der Waals surface area contributed by atoms with Gasteiger partial charge in [0.25, 0.3) is 0 Å². The Bertz CT molecular complexity index is 346. The second-order valence-electron chi connectivity index (χ2n) is 5.30. The molecule has 74 valence electrons. The Balaban J connectivity index is 1.77. The largest absolute Gasteiger partial charge is 0.392 e. The Kier molecular flexibility index (Phi) is 1.20. The lowest BCUT2D eigenvalue weighted by Crippen LogP contribution is -2.37. The van der Waals surface area contributed by atoms with Crippen LogP contribution in [0.5, 0.6) is 0 Å². The van der Waals surface area contributed by atoms with Crippen LogP contribution >= 0.6 is 0 Å². The van der Waals surface area contributed by atoms with Gasteiger partial charge in [-0.15, -0.1) is 0 Å². The average molecular weight is 189 g/mol. The third-order valence-electron chi connectivity index (χ3n) is 4.89. The fourth-order valence-corrected chi connectivity index (χ4v) is 4.43. The highest BCUT2D eigenvalue weighted by atomic mass is 16.6. The van der Waals surface area contributed by atoms with Crippen LogP contribution in [0.15, 0.2) is 17.3 Å². The molecule has 0 saturated heterocycles. The Morgan fingerprint density at radius 3 is 3.21 bits per heavy atom. The van der Waals surface area contributed by atoms with Crippen molar-refractivity contribution >= 4 is 5.71 Å². The van der Waals surface area contributed by atoms with E-state index >= 15 is 0 Å². The van der Waals surface area contributed by atoms with Crippen molar-refractivity contribution in [3.05, 3.63) is 12.2 Å². The van der Waals surface area contributed by atoms with Crippen LogP contribution in [0.4, 0.5) is 0 Å². The Morgan fingerprint density at radius 2 is 2.29 bits per heavy atom. The average Bonchev–Trinajstić information content (AvgIpc) is 2.82. The Labute approximate surface area is 84.0 Å². The van der Waals surface area contributed by atoms with Crippen molar-refractivity contribution in [1.29, 1.82) is 0 Å². The van der Waals surface area contributed by atoms with Crippen molar-refractivity contribution in [1.82, 2.24) is 0 Å². The van der Waals surface area contributed by atoms with Gasteiger partial charge in [-0.2, -0.15) is 0 Å². The van der Waals surface area contributed by atoms with Crippen LogP contribution < -0.4 is 0 Å². The molecule has 4 aliphatic rings. The fourth-order valence-electron chi connectivity index (χ4n) is 4.43. The van der Waals surface area contributed by atoms with Gasteiger partial charge in [-0.25, -0.2) is 0 Å². The van der Waals surface area contributed by atoms with Crippen molar-refractivity contribution in [2.75, 3.05) is 0 Å². The monoisotopic (exact) mass is 189 g/mol. The molecule has 0 aromatic carbocycles. The molecule has 0 radical (unpaired) electrons. The normalized spacial score (nSPS) is 57.1. The Hall–Kier alpha value is -0.790. The molecule has 2 fully saturated rings. The van der Waals surface area contributed by atoms with Crippen LogP contribution in [0.25, 0.3) is 0 Å². The number of nitrogens with zero attached hydrogens (tertiary/aromatic N) is 1. The minimum atomic E-state index is 0.446. The smallest absolute Gasteiger partial charge is 0.139 e. The summed E-state index contributed by atoms with van der Waals surface area (Å²) in [5.74, 6) is 4.05. The first-order valence-corrected chi connectivity index (χ1v) is 5.73. The van der Waals surface area contributed by atoms with Gasteiger partial charge in [0.2, 0.25) is 0 Å². The van der Waals surface area contributed by atoms with Gasteiger partial charge in [0.1, 0.15) is 6.10 Å². The third kappa shape index (κ3) is 0.656. The fraction of sp³-hybridized carbons (Fsp3) is 0.750. The van der Waals surface area contributed by atoms with E-state index in [0.717, 1.165) is 23.7 Å². The van der Waals surface area contributed by atoms with Crippen molar-refractivity contribution in [2.45, 2.75) is 25.9 Å². The molecule has 1 aliphatic heterocycles. The molecule has 14 heavy (non-hydrogen) atoms. The maximum atomic E-state index is 5.59. The second kappa shape index (κ2) is 2.23. The lowest BCUT2D eigenvalue weighted by molar-refractivity contribution is 0.0000762. The predicted octanol–water partition coefficient (Wildman–Crippen LogP) is 2.22. The summed E-state index contributed by atoms with van der Waals surface area (Å²) in [4.78, 5) is 5.59. The molecule has 6 atom stereocenters. The van der Waals surface area contributed by atoms with Crippen LogP contribution in [0.1, 0.15) is 19.8 Å². The minimum Gasteiger partial charge on any atom is -0.392 e. The number of hydrogen-bond acceptors (Lipinski definition) is 2. The number of oxime groups is 1. The quantitative estimate of drug-likeness (QED) is 0.535. The highest BCUT2D eigenvalue weighted by Gasteiger charge is 2.61. The molecule has 1 heterocycles. The highest BCUT2D eigenvalue weighted by Crippen LogP contribution is 2.61. The van der Waals surface area contributed by atoms with E-state index in [1.807, 2.05) is 0 Å². The van der Waals surface area contributed by atoms with Crippen LogP contribution in [-0.2, 0) is 4.84 Å². The van der Waals surface area contributed by atoms with Crippen molar-refractivity contribution in [2.24, 2.45) is 34.7 Å². The lowest BCUT2D eigenvalue weighted by atomic mass is 9.73. The van der Waals surface area contributed by atoms with Crippen LogP contribution in [-0.4, -0.2) is 11.8 Å². The molecular formula is C12H15NO. The van der Waals surface area contributed by atoms with Crippen LogP contribution in [0.3, 0.4) is 0 Å². The van der Waals surface area contributed by atoms with Gasteiger partial charge in [-0.05, 0) is 37.5 Å². The van der Waals surface area contributed by atoms with Crippen LogP contribution in [0.2, 0.25) is 0 Å². The molecule has 0 amide bonds. The minimum absolute atomic E-state index is 0.446. The zero-order valence-corrected chi connectivity index (χ0v) is 8.39. The van der Waals surface area contributed by atoms with Crippen LogP contribution in [0, 0.1) is 29.6 Å². The number of allylic oxidation sites excluding steroid dienone is 2. The van der Waals surface area contributed by atoms with E-state index in [9.17, 15) is 0 Å². The van der Waals surface area contributed by atoms with Crippen molar-refractivity contribution in [3.8, 4) is 0 Å². The van der Waals surface area contributed by atoms with E-state index in [0.29, 0.717) is 12.0 Å². The first-order chi connectivity index (χ1) is 6.86. The number of rotatable bonds is 0. The number of hydrogen-bond donors (Lipinski definition) is 0. The third-order valence-corrected chi connectivity index (χ3v) is 4.89. The summed E-state index contributed by atoms with van der Waals surface area (Å²) in [5, 5.41) is 4.18. The molecule has 2 heteroatoms. The zero-order chi connectivity index (χ0) is 9.28. The second-order valence-corrected chi connectivity index (χ2v) is 5.30. The van der Waals surface area contributed by atoms with E-state index in [1.165, 1.54) is 18.6 Å². The lowest BCUT2D eigenvalue weighted by Gasteiger charge is -2.32.